The van der Waals surface area contributed by atoms with Gasteiger partial charge in [0, 0.05) is 11.6 Å². The van der Waals surface area contributed by atoms with E-state index in [1.807, 2.05) is 6.07 Å². The molecule has 1 aromatic rings. The van der Waals surface area contributed by atoms with Gasteiger partial charge in [-0.3, -0.25) is 0 Å². The molecule has 1 aliphatic carbocycles. The molecular formula is C13H16BrNO3. The number of ether oxygens (including phenoxy) is 3. The minimum atomic E-state index is -0.347. The number of fused-ring (bicyclic) bond motifs is 1. The number of halogens is 1. The molecule has 98 valence electrons. The zero-order valence-electron chi connectivity index (χ0n) is 10.3. The Balaban J connectivity index is 2.21. The smallest absolute Gasteiger partial charge is 0.170 e. The average Bonchev–Trinajstić information content (AvgIpc) is 2.34. The van der Waals surface area contributed by atoms with Crippen LogP contribution >= 0.6 is 15.9 Å². The predicted molar refractivity (Wildman–Crippen MR) is 71.4 cm³/mol. The van der Waals surface area contributed by atoms with Crippen molar-refractivity contribution < 1.29 is 14.2 Å². The van der Waals surface area contributed by atoms with Crippen LogP contribution in [0.25, 0.3) is 0 Å². The van der Waals surface area contributed by atoms with Crippen LogP contribution < -0.4 is 19.9 Å². The fourth-order valence-electron chi connectivity index (χ4n) is 2.60. The van der Waals surface area contributed by atoms with Crippen molar-refractivity contribution in [2.45, 2.75) is 24.8 Å². The van der Waals surface area contributed by atoms with Crippen LogP contribution in [0.5, 0.6) is 17.2 Å². The van der Waals surface area contributed by atoms with E-state index in [0.717, 1.165) is 46.5 Å². The van der Waals surface area contributed by atoms with Crippen LogP contribution in [0.4, 0.5) is 0 Å². The minimum absolute atomic E-state index is 0.347. The lowest BCUT2D eigenvalue weighted by molar-refractivity contribution is 0.157. The van der Waals surface area contributed by atoms with E-state index >= 15 is 0 Å². The van der Waals surface area contributed by atoms with Gasteiger partial charge in [-0.05, 0) is 35.2 Å². The first-order valence-electron chi connectivity index (χ1n) is 6.11. The summed E-state index contributed by atoms with van der Waals surface area (Å²) in [6.07, 6.45) is 3.05. The molecule has 0 unspecified atom stereocenters. The van der Waals surface area contributed by atoms with Gasteiger partial charge in [-0.25, -0.2) is 0 Å². The summed E-state index contributed by atoms with van der Waals surface area (Å²) in [6.45, 7) is 1.13. The van der Waals surface area contributed by atoms with Crippen molar-refractivity contribution in [3.63, 3.8) is 0 Å². The van der Waals surface area contributed by atoms with Crippen LogP contribution in [-0.2, 0) is 5.54 Å². The number of rotatable bonds is 2. The molecule has 18 heavy (non-hydrogen) atoms. The Morgan fingerprint density at radius 3 is 2.67 bits per heavy atom. The molecule has 0 spiro atoms. The van der Waals surface area contributed by atoms with E-state index < -0.39 is 0 Å². The van der Waals surface area contributed by atoms with E-state index in [9.17, 15) is 0 Å². The molecule has 2 aliphatic rings. The van der Waals surface area contributed by atoms with Crippen LogP contribution in [-0.4, -0.2) is 20.3 Å². The molecule has 1 fully saturated rings. The molecule has 2 N–H and O–H groups in total. The first kappa shape index (κ1) is 12.1. The Kier molecular flexibility index (Phi) is 2.90. The Hall–Kier alpha value is -0.940. The molecule has 0 saturated heterocycles. The summed E-state index contributed by atoms with van der Waals surface area (Å²) in [4.78, 5) is 0. The molecule has 0 atom stereocenters. The summed E-state index contributed by atoms with van der Waals surface area (Å²) in [6, 6.07) is 1.89. The first-order chi connectivity index (χ1) is 8.65. The lowest BCUT2D eigenvalue weighted by atomic mass is 9.72. The fraction of sp³-hybridized carbons (Fsp3) is 0.538. The van der Waals surface area contributed by atoms with Crippen molar-refractivity contribution in [3.05, 3.63) is 16.1 Å². The third-order valence-corrected chi connectivity index (χ3v) is 4.28. The fourth-order valence-corrected chi connectivity index (χ4v) is 3.17. The van der Waals surface area contributed by atoms with Crippen molar-refractivity contribution in [3.8, 4) is 17.2 Å². The number of nitrogens with two attached hydrogens (primary N) is 1. The molecule has 4 nitrogen and oxygen atoms in total. The van der Waals surface area contributed by atoms with Crippen molar-refractivity contribution >= 4 is 15.9 Å². The molecule has 1 aliphatic heterocycles. The second-order valence-electron chi connectivity index (χ2n) is 4.80. The van der Waals surface area contributed by atoms with Crippen molar-refractivity contribution in [2.24, 2.45) is 5.73 Å². The Labute approximate surface area is 115 Å². The highest BCUT2D eigenvalue weighted by atomic mass is 79.9. The average molecular weight is 314 g/mol. The second kappa shape index (κ2) is 4.31. The van der Waals surface area contributed by atoms with Gasteiger partial charge in [0.15, 0.2) is 11.5 Å². The summed E-state index contributed by atoms with van der Waals surface area (Å²) in [7, 11) is 1.65. The number of methoxy groups -OCH3 is 1. The van der Waals surface area contributed by atoms with Crippen LogP contribution in [0.15, 0.2) is 10.5 Å². The first-order valence-corrected chi connectivity index (χ1v) is 6.90. The summed E-state index contributed by atoms with van der Waals surface area (Å²) < 4.78 is 17.8. The highest BCUT2D eigenvalue weighted by Gasteiger charge is 2.42. The van der Waals surface area contributed by atoms with E-state index in [0.29, 0.717) is 13.2 Å². The van der Waals surface area contributed by atoms with Gasteiger partial charge in [0.1, 0.15) is 19.0 Å². The molecule has 1 aromatic carbocycles. The van der Waals surface area contributed by atoms with E-state index in [2.05, 4.69) is 15.9 Å². The number of hydrogen-bond donors (Lipinski definition) is 1. The normalized spacial score (nSPS) is 20.2. The molecule has 0 bridgehead atoms. The SMILES string of the molecule is COc1c(Br)cc2c(c1C1(N)CCC1)OCCO2. The summed E-state index contributed by atoms with van der Waals surface area (Å²) in [5, 5.41) is 0. The lowest BCUT2D eigenvalue weighted by Gasteiger charge is -2.41. The van der Waals surface area contributed by atoms with Gasteiger partial charge < -0.3 is 19.9 Å². The third-order valence-electron chi connectivity index (χ3n) is 3.69. The standard InChI is InChI=1S/C13H16BrNO3/c1-16-11-8(14)7-9-12(18-6-5-17-9)10(11)13(15)3-2-4-13/h7H,2-6,15H2,1H3. The quantitative estimate of drug-likeness (QED) is 0.911. The van der Waals surface area contributed by atoms with E-state index in [-0.39, 0.29) is 5.54 Å². The van der Waals surface area contributed by atoms with Gasteiger partial charge in [0.05, 0.1) is 17.1 Å². The van der Waals surface area contributed by atoms with Gasteiger partial charge in [0.2, 0.25) is 0 Å². The molecule has 3 rings (SSSR count). The number of benzene rings is 1. The Morgan fingerprint density at radius 2 is 2.06 bits per heavy atom. The van der Waals surface area contributed by atoms with Crippen LogP contribution in [0.3, 0.4) is 0 Å². The maximum Gasteiger partial charge on any atom is 0.170 e. The van der Waals surface area contributed by atoms with E-state index in [4.69, 9.17) is 19.9 Å². The van der Waals surface area contributed by atoms with E-state index in [1.165, 1.54) is 0 Å². The molecule has 5 heteroatoms. The van der Waals surface area contributed by atoms with Gasteiger partial charge in [-0.15, -0.1) is 0 Å². The lowest BCUT2D eigenvalue weighted by Crippen LogP contribution is -2.44. The third kappa shape index (κ3) is 1.68. The largest absolute Gasteiger partial charge is 0.495 e. The van der Waals surface area contributed by atoms with Gasteiger partial charge in [-0.2, -0.15) is 0 Å². The maximum absolute atomic E-state index is 6.46. The zero-order valence-corrected chi connectivity index (χ0v) is 11.9. The van der Waals surface area contributed by atoms with Crippen LogP contribution in [0.1, 0.15) is 24.8 Å². The van der Waals surface area contributed by atoms with Crippen molar-refractivity contribution in [1.29, 1.82) is 0 Å². The molecule has 0 amide bonds. The summed E-state index contributed by atoms with van der Waals surface area (Å²) >= 11 is 3.52. The van der Waals surface area contributed by atoms with Gasteiger partial charge in [-0.1, -0.05) is 0 Å². The molecule has 0 aromatic heterocycles. The van der Waals surface area contributed by atoms with E-state index in [1.54, 1.807) is 7.11 Å². The molecule has 1 saturated carbocycles. The van der Waals surface area contributed by atoms with Gasteiger partial charge >= 0.3 is 0 Å². The minimum Gasteiger partial charge on any atom is -0.495 e. The van der Waals surface area contributed by atoms with Crippen molar-refractivity contribution in [1.82, 2.24) is 0 Å². The molecule has 1 heterocycles. The monoisotopic (exact) mass is 313 g/mol. The number of hydrogen-bond acceptors (Lipinski definition) is 4. The molecule has 0 radical (unpaired) electrons. The highest BCUT2D eigenvalue weighted by molar-refractivity contribution is 9.10. The predicted octanol–water partition coefficient (Wildman–Crippen LogP) is 2.57. The summed E-state index contributed by atoms with van der Waals surface area (Å²) in [5.74, 6) is 2.27. The second-order valence-corrected chi connectivity index (χ2v) is 5.65. The highest BCUT2D eigenvalue weighted by Crippen LogP contribution is 2.53. The van der Waals surface area contributed by atoms with Crippen molar-refractivity contribution in [2.75, 3.05) is 20.3 Å². The maximum atomic E-state index is 6.46. The van der Waals surface area contributed by atoms with Crippen LogP contribution in [0, 0.1) is 0 Å². The summed E-state index contributed by atoms with van der Waals surface area (Å²) in [5.41, 5.74) is 7.05. The Morgan fingerprint density at radius 1 is 1.33 bits per heavy atom. The van der Waals surface area contributed by atoms with Gasteiger partial charge in [0.25, 0.3) is 0 Å². The van der Waals surface area contributed by atoms with Crippen LogP contribution in [0.2, 0.25) is 0 Å². The Bertz CT molecular complexity index is 486. The topological polar surface area (TPSA) is 53.7 Å². The molecular weight excluding hydrogens is 298 g/mol. The zero-order chi connectivity index (χ0) is 12.8.